The van der Waals surface area contributed by atoms with Crippen LogP contribution in [0.2, 0.25) is 0 Å². The van der Waals surface area contributed by atoms with Gasteiger partial charge in [-0.3, -0.25) is 4.79 Å². The molecular weight excluding hydrogens is 164 g/mol. The van der Waals surface area contributed by atoms with Gasteiger partial charge in [0.05, 0.1) is 6.04 Å². The zero-order chi connectivity index (χ0) is 9.84. The van der Waals surface area contributed by atoms with E-state index in [2.05, 4.69) is 5.92 Å². The van der Waals surface area contributed by atoms with Crippen molar-refractivity contribution in [3.05, 3.63) is 0 Å². The second-order valence-corrected chi connectivity index (χ2v) is 3.55. The highest BCUT2D eigenvalue weighted by Gasteiger charge is 2.27. The van der Waals surface area contributed by atoms with Crippen LogP contribution in [0.1, 0.15) is 25.7 Å². The lowest BCUT2D eigenvalue weighted by molar-refractivity contribution is -0.134. The number of rotatable bonds is 3. The van der Waals surface area contributed by atoms with Gasteiger partial charge in [-0.1, -0.05) is 0 Å². The van der Waals surface area contributed by atoms with Gasteiger partial charge in [0, 0.05) is 19.5 Å². The summed E-state index contributed by atoms with van der Waals surface area (Å²) < 4.78 is 0. The monoisotopic (exact) mass is 180 g/mol. The summed E-state index contributed by atoms with van der Waals surface area (Å²) in [5, 5.41) is 0. The number of terminal acetylenes is 1. The van der Waals surface area contributed by atoms with Crippen molar-refractivity contribution in [2.45, 2.75) is 37.8 Å². The van der Waals surface area contributed by atoms with Crippen LogP contribution in [0, 0.1) is 12.3 Å². The second kappa shape index (κ2) is 4.29. The predicted molar refractivity (Wildman–Crippen MR) is 51.8 cm³/mol. The molecular formula is C10H16N2O. The molecule has 0 bridgehead atoms. The van der Waals surface area contributed by atoms with Gasteiger partial charge in [-0.2, -0.15) is 0 Å². The van der Waals surface area contributed by atoms with Crippen LogP contribution in [0.5, 0.6) is 0 Å². The molecule has 0 aromatic rings. The molecule has 3 nitrogen and oxygen atoms in total. The van der Waals surface area contributed by atoms with Crippen LogP contribution >= 0.6 is 0 Å². The van der Waals surface area contributed by atoms with E-state index in [1.54, 1.807) is 4.90 Å². The zero-order valence-corrected chi connectivity index (χ0v) is 7.99. The van der Waals surface area contributed by atoms with Gasteiger partial charge < -0.3 is 10.6 Å². The van der Waals surface area contributed by atoms with Crippen LogP contribution in [0.15, 0.2) is 0 Å². The Hall–Kier alpha value is -1.01. The van der Waals surface area contributed by atoms with Crippen LogP contribution in [0.4, 0.5) is 0 Å². The SMILES string of the molecule is C#CCC(N)C(=O)N(C)C1CCC1. The van der Waals surface area contributed by atoms with E-state index < -0.39 is 6.04 Å². The van der Waals surface area contributed by atoms with Gasteiger partial charge in [0.2, 0.25) is 5.91 Å². The van der Waals surface area contributed by atoms with Crippen molar-refractivity contribution < 1.29 is 4.79 Å². The van der Waals surface area contributed by atoms with Gasteiger partial charge in [-0.05, 0) is 19.3 Å². The first-order chi connectivity index (χ1) is 6.16. The Morgan fingerprint density at radius 2 is 2.38 bits per heavy atom. The predicted octanol–water partition coefficient (Wildman–Crippen LogP) is 0.348. The first-order valence-corrected chi connectivity index (χ1v) is 4.62. The molecule has 13 heavy (non-hydrogen) atoms. The first kappa shape index (κ1) is 10.1. The maximum Gasteiger partial charge on any atom is 0.240 e. The fourth-order valence-electron chi connectivity index (χ4n) is 1.43. The standard InChI is InChI=1S/C10H16N2O/c1-3-5-9(11)10(13)12(2)8-6-4-7-8/h1,8-9H,4-7,11H2,2H3. The average Bonchev–Trinajstić information content (AvgIpc) is 2.00. The molecule has 1 saturated carbocycles. The minimum absolute atomic E-state index is 0.0253. The molecule has 0 aromatic heterocycles. The molecule has 1 aliphatic carbocycles. The normalized spacial score (nSPS) is 18.5. The van der Waals surface area contributed by atoms with Crippen LogP contribution < -0.4 is 5.73 Å². The Morgan fingerprint density at radius 1 is 1.77 bits per heavy atom. The molecule has 1 rings (SSSR count). The lowest BCUT2D eigenvalue weighted by atomic mass is 9.91. The Kier molecular flexibility index (Phi) is 3.32. The van der Waals surface area contributed by atoms with Gasteiger partial charge in [0.1, 0.15) is 0 Å². The van der Waals surface area contributed by atoms with Gasteiger partial charge in [-0.25, -0.2) is 0 Å². The van der Waals surface area contributed by atoms with E-state index in [4.69, 9.17) is 12.2 Å². The highest BCUT2D eigenvalue weighted by Crippen LogP contribution is 2.23. The van der Waals surface area contributed by atoms with Crippen molar-refractivity contribution in [3.63, 3.8) is 0 Å². The van der Waals surface area contributed by atoms with Gasteiger partial charge in [0.15, 0.2) is 0 Å². The molecule has 0 saturated heterocycles. The van der Waals surface area contributed by atoms with Gasteiger partial charge in [0.25, 0.3) is 0 Å². The summed E-state index contributed by atoms with van der Waals surface area (Å²) in [6.07, 6.45) is 8.84. The number of hydrogen-bond donors (Lipinski definition) is 1. The lowest BCUT2D eigenvalue weighted by Crippen LogP contribution is -2.48. The number of amides is 1. The van der Waals surface area contributed by atoms with Crippen molar-refractivity contribution in [2.24, 2.45) is 5.73 Å². The third-order valence-electron chi connectivity index (χ3n) is 2.63. The van der Waals surface area contributed by atoms with Crippen molar-refractivity contribution in [1.29, 1.82) is 0 Å². The fraction of sp³-hybridized carbons (Fsp3) is 0.700. The zero-order valence-electron chi connectivity index (χ0n) is 7.99. The molecule has 0 heterocycles. The molecule has 1 atom stereocenters. The highest BCUT2D eigenvalue weighted by molar-refractivity contribution is 5.82. The number of hydrogen-bond acceptors (Lipinski definition) is 2. The van der Waals surface area contributed by atoms with E-state index in [0.29, 0.717) is 12.5 Å². The first-order valence-electron chi connectivity index (χ1n) is 4.62. The number of nitrogens with zero attached hydrogens (tertiary/aromatic N) is 1. The minimum Gasteiger partial charge on any atom is -0.341 e. The molecule has 1 fully saturated rings. The summed E-state index contributed by atoms with van der Waals surface area (Å²) in [5.74, 6) is 2.38. The molecule has 0 spiro atoms. The third kappa shape index (κ3) is 2.22. The lowest BCUT2D eigenvalue weighted by Gasteiger charge is -2.35. The highest BCUT2D eigenvalue weighted by atomic mass is 16.2. The molecule has 3 heteroatoms. The van der Waals surface area contributed by atoms with Crippen molar-refractivity contribution >= 4 is 5.91 Å². The Bertz CT molecular complexity index is 228. The largest absolute Gasteiger partial charge is 0.341 e. The number of nitrogens with two attached hydrogens (primary N) is 1. The molecule has 0 aliphatic heterocycles. The smallest absolute Gasteiger partial charge is 0.240 e. The molecule has 1 aliphatic rings. The summed E-state index contributed by atoms with van der Waals surface area (Å²) in [7, 11) is 1.81. The number of carbonyl (C=O) groups excluding carboxylic acids is 1. The van der Waals surface area contributed by atoms with Crippen molar-refractivity contribution in [1.82, 2.24) is 4.90 Å². The molecule has 2 N–H and O–H groups in total. The van der Waals surface area contributed by atoms with Crippen LogP contribution in [0.3, 0.4) is 0 Å². The Morgan fingerprint density at radius 3 is 2.77 bits per heavy atom. The van der Waals surface area contributed by atoms with E-state index in [1.807, 2.05) is 7.05 Å². The number of likely N-dealkylation sites (N-methyl/N-ethyl adjacent to an activating group) is 1. The Labute approximate surface area is 79.3 Å². The summed E-state index contributed by atoms with van der Waals surface area (Å²) >= 11 is 0. The van der Waals surface area contributed by atoms with E-state index in [-0.39, 0.29) is 5.91 Å². The van der Waals surface area contributed by atoms with E-state index in [1.165, 1.54) is 6.42 Å². The number of carbonyl (C=O) groups is 1. The molecule has 72 valence electrons. The fourth-order valence-corrected chi connectivity index (χ4v) is 1.43. The molecule has 1 unspecified atom stereocenters. The van der Waals surface area contributed by atoms with Crippen LogP contribution in [0.25, 0.3) is 0 Å². The second-order valence-electron chi connectivity index (χ2n) is 3.55. The topological polar surface area (TPSA) is 46.3 Å². The average molecular weight is 180 g/mol. The molecule has 0 radical (unpaired) electrons. The van der Waals surface area contributed by atoms with Crippen LogP contribution in [-0.2, 0) is 4.79 Å². The maximum atomic E-state index is 11.6. The van der Waals surface area contributed by atoms with Crippen molar-refractivity contribution in [3.8, 4) is 12.3 Å². The van der Waals surface area contributed by atoms with Crippen molar-refractivity contribution in [2.75, 3.05) is 7.05 Å². The van der Waals surface area contributed by atoms with Gasteiger partial charge in [-0.15, -0.1) is 12.3 Å². The summed E-state index contributed by atoms with van der Waals surface area (Å²) in [6, 6.07) is -0.119. The van der Waals surface area contributed by atoms with Crippen LogP contribution in [-0.4, -0.2) is 29.9 Å². The van der Waals surface area contributed by atoms with E-state index in [0.717, 1.165) is 12.8 Å². The molecule has 1 amide bonds. The van der Waals surface area contributed by atoms with E-state index in [9.17, 15) is 4.79 Å². The van der Waals surface area contributed by atoms with E-state index >= 15 is 0 Å². The summed E-state index contributed by atoms with van der Waals surface area (Å²) in [4.78, 5) is 13.3. The Balaban J connectivity index is 2.41. The maximum absolute atomic E-state index is 11.6. The third-order valence-corrected chi connectivity index (χ3v) is 2.63. The summed E-state index contributed by atoms with van der Waals surface area (Å²) in [6.45, 7) is 0. The summed E-state index contributed by atoms with van der Waals surface area (Å²) in [5.41, 5.74) is 5.61. The molecule has 0 aromatic carbocycles. The van der Waals surface area contributed by atoms with Gasteiger partial charge >= 0.3 is 0 Å². The quantitative estimate of drug-likeness (QED) is 0.637. The minimum atomic E-state index is -0.518.